The zero-order chi connectivity index (χ0) is 30.0. The largest absolute Gasteiger partial charge is 0.493 e. The van der Waals surface area contributed by atoms with Crippen molar-refractivity contribution in [1.82, 2.24) is 19.9 Å². The lowest BCUT2D eigenvalue weighted by Gasteiger charge is -2.20. The molecule has 3 atom stereocenters. The van der Waals surface area contributed by atoms with Crippen molar-refractivity contribution < 1.29 is 43.5 Å². The van der Waals surface area contributed by atoms with Crippen LogP contribution in [0.4, 0.5) is 4.39 Å². The summed E-state index contributed by atoms with van der Waals surface area (Å²) in [6, 6.07) is 8.07. The smallest absolute Gasteiger partial charge is 0.308 e. The van der Waals surface area contributed by atoms with E-state index >= 15 is 4.39 Å². The Balaban J connectivity index is 1.23. The van der Waals surface area contributed by atoms with Crippen molar-refractivity contribution in [2.24, 2.45) is 5.92 Å². The van der Waals surface area contributed by atoms with Crippen LogP contribution in [0.25, 0.3) is 21.8 Å². The lowest BCUT2D eigenvalue weighted by Crippen LogP contribution is -2.34. The van der Waals surface area contributed by atoms with Gasteiger partial charge in [-0.1, -0.05) is 0 Å². The Bertz CT molecular complexity index is 1630. The molecule has 4 aromatic rings. The number of likely N-dealkylation sites (tertiary alicyclic amines) is 1. The fourth-order valence-electron chi connectivity index (χ4n) is 5.04. The molecule has 2 aromatic heterocycles. The SMILES string of the molecule is COc1cc2c(Oc3ccc4[nH]c(C)cc4c3F)ncnc2cc1OCC(O)CC(O)CC(=O)N1CCC(C(=O)O)C1. The van der Waals surface area contributed by atoms with Crippen molar-refractivity contribution >= 4 is 33.7 Å². The maximum atomic E-state index is 15.1. The topological polar surface area (TPSA) is 167 Å². The van der Waals surface area contributed by atoms with Crippen molar-refractivity contribution in [2.45, 2.75) is 38.4 Å². The van der Waals surface area contributed by atoms with Gasteiger partial charge >= 0.3 is 5.97 Å². The number of carboxylic acid groups (broad SMARTS) is 1. The summed E-state index contributed by atoms with van der Waals surface area (Å²) in [6.07, 6.45) is -0.974. The van der Waals surface area contributed by atoms with Gasteiger partial charge < -0.3 is 39.4 Å². The van der Waals surface area contributed by atoms with Crippen LogP contribution < -0.4 is 14.2 Å². The molecular weight excluding hydrogens is 551 g/mol. The number of nitrogens with one attached hydrogen (secondary N) is 1. The van der Waals surface area contributed by atoms with Gasteiger partial charge in [-0.3, -0.25) is 9.59 Å². The number of rotatable bonds is 11. The number of nitrogens with zero attached hydrogens (tertiary/aromatic N) is 3. The van der Waals surface area contributed by atoms with Crippen molar-refractivity contribution in [3.05, 3.63) is 48.2 Å². The predicted octanol–water partition coefficient (Wildman–Crippen LogP) is 3.17. The van der Waals surface area contributed by atoms with Crippen molar-refractivity contribution in [3.63, 3.8) is 0 Å². The van der Waals surface area contributed by atoms with E-state index in [9.17, 15) is 19.8 Å². The predicted molar refractivity (Wildman–Crippen MR) is 148 cm³/mol. The lowest BCUT2D eigenvalue weighted by molar-refractivity contribution is -0.141. The number of halogens is 1. The number of benzene rings is 2. The third kappa shape index (κ3) is 6.21. The minimum Gasteiger partial charge on any atom is -0.493 e. The van der Waals surface area contributed by atoms with E-state index in [2.05, 4.69) is 15.0 Å². The highest BCUT2D eigenvalue weighted by atomic mass is 19.1. The second kappa shape index (κ2) is 12.2. The molecule has 4 N–H and O–H groups in total. The quantitative estimate of drug-likeness (QED) is 0.206. The molecular formula is C29H31FN4O8. The molecule has 0 saturated carbocycles. The monoisotopic (exact) mass is 582 g/mol. The Labute approximate surface area is 239 Å². The van der Waals surface area contributed by atoms with E-state index in [-0.39, 0.29) is 55.0 Å². The molecule has 222 valence electrons. The van der Waals surface area contributed by atoms with Gasteiger partial charge in [-0.25, -0.2) is 14.4 Å². The molecule has 0 spiro atoms. The molecule has 0 aliphatic carbocycles. The lowest BCUT2D eigenvalue weighted by atomic mass is 10.1. The van der Waals surface area contributed by atoms with Crippen LogP contribution in [0.2, 0.25) is 0 Å². The summed E-state index contributed by atoms with van der Waals surface area (Å²) in [5.41, 5.74) is 1.88. The van der Waals surface area contributed by atoms with Crippen LogP contribution >= 0.6 is 0 Å². The van der Waals surface area contributed by atoms with Crippen LogP contribution in [-0.2, 0) is 9.59 Å². The second-order valence-electron chi connectivity index (χ2n) is 10.3. The highest BCUT2D eigenvalue weighted by molar-refractivity contribution is 5.87. The molecule has 1 fully saturated rings. The molecule has 5 rings (SSSR count). The number of aryl methyl sites for hydroxylation is 1. The number of aliphatic hydroxyl groups is 2. The van der Waals surface area contributed by atoms with Crippen LogP contribution in [0.15, 0.2) is 36.7 Å². The molecule has 3 unspecified atom stereocenters. The minimum atomic E-state index is -1.14. The van der Waals surface area contributed by atoms with Gasteiger partial charge in [0, 0.05) is 42.2 Å². The summed E-state index contributed by atoms with van der Waals surface area (Å²) in [7, 11) is 1.43. The number of hydrogen-bond donors (Lipinski definition) is 4. The summed E-state index contributed by atoms with van der Waals surface area (Å²) in [5, 5.41) is 30.7. The molecule has 1 aliphatic rings. The van der Waals surface area contributed by atoms with E-state index < -0.39 is 29.9 Å². The first-order chi connectivity index (χ1) is 20.1. The maximum Gasteiger partial charge on any atom is 0.308 e. The van der Waals surface area contributed by atoms with Crippen LogP contribution in [0.5, 0.6) is 23.1 Å². The molecule has 0 bridgehead atoms. The third-order valence-corrected chi connectivity index (χ3v) is 7.20. The fourth-order valence-corrected chi connectivity index (χ4v) is 5.04. The molecule has 1 aliphatic heterocycles. The van der Waals surface area contributed by atoms with E-state index in [1.807, 2.05) is 6.92 Å². The number of H-pyrrole nitrogens is 1. The maximum absolute atomic E-state index is 15.1. The molecule has 3 heterocycles. The molecule has 13 heteroatoms. The highest BCUT2D eigenvalue weighted by Gasteiger charge is 2.31. The number of methoxy groups -OCH3 is 1. The molecule has 42 heavy (non-hydrogen) atoms. The van der Waals surface area contributed by atoms with Crippen LogP contribution in [0, 0.1) is 18.7 Å². The first kappa shape index (κ1) is 29.0. The van der Waals surface area contributed by atoms with E-state index in [1.165, 1.54) is 24.4 Å². The Hall–Kier alpha value is -4.49. The first-order valence-corrected chi connectivity index (χ1v) is 13.4. The normalized spacial score (nSPS) is 16.5. The van der Waals surface area contributed by atoms with Crippen LogP contribution in [0.3, 0.4) is 0 Å². The zero-order valence-corrected chi connectivity index (χ0v) is 23.0. The van der Waals surface area contributed by atoms with E-state index in [0.717, 1.165) is 5.69 Å². The number of aliphatic hydroxyl groups excluding tert-OH is 2. The number of carboxylic acids is 1. The fraction of sp³-hybridized carbons (Fsp3) is 0.379. The molecule has 12 nitrogen and oxygen atoms in total. The second-order valence-corrected chi connectivity index (χ2v) is 10.3. The number of hydrogen-bond acceptors (Lipinski definition) is 9. The summed E-state index contributed by atoms with van der Waals surface area (Å²) in [4.78, 5) is 36.4. The number of ether oxygens (including phenoxy) is 3. The molecule has 2 aromatic carbocycles. The Morgan fingerprint density at radius 1 is 1.12 bits per heavy atom. The Morgan fingerprint density at radius 2 is 1.93 bits per heavy atom. The number of fused-ring (bicyclic) bond motifs is 2. The third-order valence-electron chi connectivity index (χ3n) is 7.20. The summed E-state index contributed by atoms with van der Waals surface area (Å²) < 4.78 is 32.2. The summed E-state index contributed by atoms with van der Waals surface area (Å²) >= 11 is 0. The van der Waals surface area contributed by atoms with Gasteiger partial charge in [-0.2, -0.15) is 0 Å². The summed E-state index contributed by atoms with van der Waals surface area (Å²) in [5.74, 6) is -1.81. The number of carbonyl (C=O) groups excluding carboxylic acids is 1. The van der Waals surface area contributed by atoms with Gasteiger partial charge in [0.15, 0.2) is 23.1 Å². The van der Waals surface area contributed by atoms with Crippen LogP contribution in [0.1, 0.15) is 25.0 Å². The van der Waals surface area contributed by atoms with Gasteiger partial charge in [0.05, 0.1) is 42.6 Å². The van der Waals surface area contributed by atoms with Gasteiger partial charge in [0.25, 0.3) is 0 Å². The van der Waals surface area contributed by atoms with Crippen LogP contribution in [-0.4, -0.2) is 86.1 Å². The zero-order valence-electron chi connectivity index (χ0n) is 23.0. The Kier molecular flexibility index (Phi) is 8.41. The summed E-state index contributed by atoms with van der Waals surface area (Å²) in [6.45, 7) is 2.05. The number of aromatic amines is 1. The standard InChI is InChI=1S/C29H31FN4O8/c1-15-7-19-21(33-15)3-4-23(27(19)30)42-28-20-10-24(40-2)25(11-22(20)31-14-32-28)41-13-18(36)8-17(35)9-26(37)34-6-5-16(12-34)29(38)39/h3-4,7,10-11,14,16-18,33,35-36H,5-6,8-9,12-13H2,1-2H3,(H,38,39). The number of amides is 1. The van der Waals surface area contributed by atoms with E-state index in [4.69, 9.17) is 19.3 Å². The number of aromatic nitrogens is 3. The van der Waals surface area contributed by atoms with Gasteiger partial charge in [-0.15, -0.1) is 0 Å². The van der Waals surface area contributed by atoms with E-state index in [1.54, 1.807) is 24.3 Å². The Morgan fingerprint density at radius 3 is 2.67 bits per heavy atom. The molecule has 1 saturated heterocycles. The van der Waals surface area contributed by atoms with Gasteiger partial charge in [-0.05, 0) is 37.6 Å². The molecule has 0 radical (unpaired) electrons. The van der Waals surface area contributed by atoms with Crippen molar-refractivity contribution in [2.75, 3.05) is 26.8 Å². The van der Waals surface area contributed by atoms with Gasteiger partial charge in [0.2, 0.25) is 11.8 Å². The average molecular weight is 583 g/mol. The minimum absolute atomic E-state index is 0.00705. The number of carbonyl (C=O) groups is 2. The molecule has 1 amide bonds. The van der Waals surface area contributed by atoms with Gasteiger partial charge in [0.1, 0.15) is 12.9 Å². The van der Waals surface area contributed by atoms with E-state index in [0.29, 0.717) is 34.8 Å². The van der Waals surface area contributed by atoms with Crippen molar-refractivity contribution in [3.8, 4) is 23.1 Å². The number of aliphatic carboxylic acids is 1. The average Bonchev–Trinajstić information content (AvgIpc) is 3.60. The highest BCUT2D eigenvalue weighted by Crippen LogP contribution is 2.37. The first-order valence-electron chi connectivity index (χ1n) is 13.4. The van der Waals surface area contributed by atoms with Crippen molar-refractivity contribution in [1.29, 1.82) is 0 Å².